The minimum atomic E-state index is -4.13. The van der Waals surface area contributed by atoms with Crippen molar-refractivity contribution in [3.63, 3.8) is 0 Å². The van der Waals surface area contributed by atoms with Crippen molar-refractivity contribution in [3.05, 3.63) is 89.7 Å². The molecular formula is C24H24FNO6S. The zero-order valence-corrected chi connectivity index (χ0v) is 19.0. The lowest BCUT2D eigenvalue weighted by atomic mass is 10.1. The van der Waals surface area contributed by atoms with Crippen LogP contribution in [0.1, 0.15) is 15.9 Å². The third kappa shape index (κ3) is 6.53. The number of amides is 1. The fourth-order valence-electron chi connectivity index (χ4n) is 3.06. The number of hydrogen-bond donors (Lipinski definition) is 0. The predicted molar refractivity (Wildman–Crippen MR) is 120 cm³/mol. The summed E-state index contributed by atoms with van der Waals surface area (Å²) >= 11 is 0. The first kappa shape index (κ1) is 24.2. The third-order valence-electron chi connectivity index (χ3n) is 4.77. The van der Waals surface area contributed by atoms with Crippen molar-refractivity contribution in [2.24, 2.45) is 0 Å². The molecule has 0 saturated carbocycles. The van der Waals surface area contributed by atoms with Gasteiger partial charge in [-0.1, -0.05) is 12.1 Å². The first-order valence-electron chi connectivity index (χ1n) is 10.0. The Kier molecular flexibility index (Phi) is 8.02. The minimum Gasteiger partial charge on any atom is -0.497 e. The Bertz CT molecular complexity index is 1180. The summed E-state index contributed by atoms with van der Waals surface area (Å²) in [5.74, 6) is -0.0313. The van der Waals surface area contributed by atoms with E-state index in [1.807, 2.05) is 0 Å². The highest BCUT2D eigenvalue weighted by atomic mass is 32.2. The number of methoxy groups -OCH3 is 2. The average molecular weight is 474 g/mol. The van der Waals surface area contributed by atoms with Crippen LogP contribution in [0.5, 0.6) is 11.5 Å². The van der Waals surface area contributed by atoms with Crippen LogP contribution in [-0.4, -0.2) is 46.6 Å². The number of hydrogen-bond acceptors (Lipinski definition) is 6. The van der Waals surface area contributed by atoms with Crippen LogP contribution in [0.4, 0.5) is 4.39 Å². The highest BCUT2D eigenvalue weighted by Crippen LogP contribution is 2.22. The lowest BCUT2D eigenvalue weighted by Gasteiger charge is -2.23. The highest BCUT2D eigenvalue weighted by molar-refractivity contribution is 7.87. The molecule has 0 heterocycles. The van der Waals surface area contributed by atoms with Crippen molar-refractivity contribution in [3.8, 4) is 11.5 Å². The summed E-state index contributed by atoms with van der Waals surface area (Å²) in [5, 5.41) is 0. The SMILES string of the molecule is COCCN(Cc1cccc(OS(=O)(=O)c2ccc(F)cc2)c1)C(=O)c1ccc(OC)cc1. The molecule has 3 aromatic carbocycles. The monoisotopic (exact) mass is 473 g/mol. The molecule has 3 aromatic rings. The number of carbonyl (C=O) groups is 1. The smallest absolute Gasteiger partial charge is 0.339 e. The van der Waals surface area contributed by atoms with E-state index in [0.29, 0.717) is 30.0 Å². The van der Waals surface area contributed by atoms with Crippen LogP contribution in [0.25, 0.3) is 0 Å². The second kappa shape index (κ2) is 10.9. The number of carbonyl (C=O) groups excluding carboxylic acids is 1. The van der Waals surface area contributed by atoms with Crippen LogP contribution in [0, 0.1) is 5.82 Å². The molecule has 0 spiro atoms. The molecule has 7 nitrogen and oxygen atoms in total. The van der Waals surface area contributed by atoms with Gasteiger partial charge in [0.2, 0.25) is 0 Å². The van der Waals surface area contributed by atoms with Gasteiger partial charge in [-0.25, -0.2) is 4.39 Å². The topological polar surface area (TPSA) is 82.1 Å². The van der Waals surface area contributed by atoms with Crippen LogP contribution in [0.3, 0.4) is 0 Å². The molecule has 9 heteroatoms. The first-order valence-corrected chi connectivity index (χ1v) is 11.4. The zero-order chi connectivity index (χ0) is 23.8. The molecule has 0 aliphatic heterocycles. The van der Waals surface area contributed by atoms with Gasteiger partial charge in [-0.3, -0.25) is 4.79 Å². The van der Waals surface area contributed by atoms with Gasteiger partial charge in [0, 0.05) is 25.8 Å². The standard InChI is InChI=1S/C24H24FNO6S/c1-30-15-14-26(24(27)19-6-10-21(31-2)11-7-19)17-18-4-3-5-22(16-18)32-33(28,29)23-12-8-20(25)9-13-23/h3-13,16H,14-15,17H2,1-2H3. The van der Waals surface area contributed by atoms with Gasteiger partial charge in [0.05, 0.1) is 13.7 Å². The molecule has 0 aliphatic rings. The minimum absolute atomic E-state index is 0.0837. The summed E-state index contributed by atoms with van der Waals surface area (Å²) in [4.78, 5) is 14.5. The van der Waals surface area contributed by atoms with Gasteiger partial charge < -0.3 is 18.6 Å². The largest absolute Gasteiger partial charge is 0.497 e. The van der Waals surface area contributed by atoms with E-state index < -0.39 is 15.9 Å². The van der Waals surface area contributed by atoms with Gasteiger partial charge in [0.15, 0.2) is 0 Å². The fraction of sp³-hybridized carbons (Fsp3) is 0.208. The molecule has 1 amide bonds. The summed E-state index contributed by atoms with van der Waals surface area (Å²) in [6, 6.07) is 17.6. The van der Waals surface area contributed by atoms with Crippen molar-refractivity contribution in [1.82, 2.24) is 4.90 Å². The van der Waals surface area contributed by atoms with Crippen molar-refractivity contribution < 1.29 is 31.3 Å². The number of nitrogens with zero attached hydrogens (tertiary/aromatic N) is 1. The summed E-state index contributed by atoms with van der Waals surface area (Å²) < 4.78 is 53.6. The van der Waals surface area contributed by atoms with Gasteiger partial charge in [-0.2, -0.15) is 8.42 Å². The Balaban J connectivity index is 1.78. The van der Waals surface area contributed by atoms with E-state index in [-0.39, 0.29) is 23.1 Å². The summed E-state index contributed by atoms with van der Waals surface area (Å²) in [6.07, 6.45) is 0. The lowest BCUT2D eigenvalue weighted by molar-refractivity contribution is 0.0680. The van der Waals surface area contributed by atoms with E-state index in [1.165, 1.54) is 6.07 Å². The molecule has 33 heavy (non-hydrogen) atoms. The van der Waals surface area contributed by atoms with Gasteiger partial charge in [-0.05, 0) is 66.2 Å². The molecule has 0 fully saturated rings. The number of ether oxygens (including phenoxy) is 2. The number of rotatable bonds is 10. The highest BCUT2D eigenvalue weighted by Gasteiger charge is 2.19. The van der Waals surface area contributed by atoms with E-state index in [9.17, 15) is 17.6 Å². The normalized spacial score (nSPS) is 11.1. The Morgan fingerprint density at radius 2 is 1.64 bits per heavy atom. The maximum Gasteiger partial charge on any atom is 0.339 e. The maximum atomic E-state index is 13.1. The summed E-state index contributed by atoms with van der Waals surface area (Å²) in [7, 11) is -1.04. The van der Waals surface area contributed by atoms with E-state index >= 15 is 0 Å². The van der Waals surface area contributed by atoms with Crippen LogP contribution in [0.2, 0.25) is 0 Å². The van der Waals surface area contributed by atoms with Crippen LogP contribution in [0.15, 0.2) is 77.7 Å². The zero-order valence-electron chi connectivity index (χ0n) is 18.2. The van der Waals surface area contributed by atoms with Crippen LogP contribution >= 0.6 is 0 Å². The number of halogens is 1. The summed E-state index contributed by atoms with van der Waals surface area (Å²) in [6.45, 7) is 0.874. The second-order valence-corrected chi connectivity index (χ2v) is 8.63. The molecular weight excluding hydrogens is 449 g/mol. The Morgan fingerprint density at radius 1 is 0.939 bits per heavy atom. The van der Waals surface area contributed by atoms with E-state index in [1.54, 1.807) is 61.6 Å². The Labute approximate surface area is 192 Å². The van der Waals surface area contributed by atoms with Crippen molar-refractivity contribution in [1.29, 1.82) is 0 Å². The van der Waals surface area contributed by atoms with Crippen molar-refractivity contribution in [2.75, 3.05) is 27.4 Å². The van der Waals surface area contributed by atoms with Crippen LogP contribution < -0.4 is 8.92 Å². The van der Waals surface area contributed by atoms with Gasteiger partial charge in [0.1, 0.15) is 22.2 Å². The Morgan fingerprint density at radius 3 is 2.27 bits per heavy atom. The molecule has 0 radical (unpaired) electrons. The maximum absolute atomic E-state index is 13.1. The molecule has 0 bridgehead atoms. The molecule has 174 valence electrons. The third-order valence-corrected chi connectivity index (χ3v) is 6.03. The molecule has 3 rings (SSSR count). The second-order valence-electron chi connectivity index (χ2n) is 7.09. The van der Waals surface area contributed by atoms with Crippen LogP contribution in [-0.2, 0) is 21.4 Å². The Hall–Kier alpha value is -3.43. The fourth-order valence-corrected chi connectivity index (χ4v) is 3.98. The first-order chi connectivity index (χ1) is 15.8. The van der Waals surface area contributed by atoms with E-state index in [4.69, 9.17) is 13.7 Å². The molecule has 0 aromatic heterocycles. The average Bonchev–Trinajstić information content (AvgIpc) is 2.81. The number of benzene rings is 3. The quantitative estimate of drug-likeness (QED) is 0.416. The molecule has 0 unspecified atom stereocenters. The van der Waals surface area contributed by atoms with Crippen molar-refractivity contribution in [2.45, 2.75) is 11.4 Å². The van der Waals surface area contributed by atoms with Crippen molar-refractivity contribution >= 4 is 16.0 Å². The van der Waals surface area contributed by atoms with Gasteiger partial charge in [-0.15, -0.1) is 0 Å². The molecule has 0 N–H and O–H groups in total. The van der Waals surface area contributed by atoms with Gasteiger partial charge >= 0.3 is 10.1 Å². The molecule has 0 saturated heterocycles. The molecule has 0 aliphatic carbocycles. The van der Waals surface area contributed by atoms with Gasteiger partial charge in [0.25, 0.3) is 5.91 Å². The lowest BCUT2D eigenvalue weighted by Crippen LogP contribution is -2.33. The van der Waals surface area contributed by atoms with E-state index in [2.05, 4.69) is 0 Å². The van der Waals surface area contributed by atoms with E-state index in [0.717, 1.165) is 24.3 Å². The summed E-state index contributed by atoms with van der Waals surface area (Å²) in [5.41, 5.74) is 1.15. The predicted octanol–water partition coefficient (Wildman–Crippen LogP) is 3.89. The molecule has 0 atom stereocenters.